The van der Waals surface area contributed by atoms with E-state index in [4.69, 9.17) is 15.1 Å². The molecule has 4 aromatic heterocycles. The molecule has 2 aliphatic rings. The first-order valence-electron chi connectivity index (χ1n) is 12.7. The van der Waals surface area contributed by atoms with Crippen LogP contribution in [0.5, 0.6) is 0 Å². The third-order valence-electron chi connectivity index (χ3n) is 7.22. The third kappa shape index (κ3) is 4.51. The van der Waals surface area contributed by atoms with Crippen molar-refractivity contribution in [2.45, 2.75) is 38.6 Å². The second-order valence-corrected chi connectivity index (χ2v) is 10.9. The smallest absolute Gasteiger partial charge is 0.223 e. The molecule has 1 amide bonds. The Kier molecular flexibility index (Phi) is 6.21. The summed E-state index contributed by atoms with van der Waals surface area (Å²) in [5.74, 6) is 0.881. The molecule has 9 nitrogen and oxygen atoms in total. The summed E-state index contributed by atoms with van der Waals surface area (Å²) in [7, 11) is 4.32. The first-order valence-corrected chi connectivity index (χ1v) is 13.5. The summed E-state index contributed by atoms with van der Waals surface area (Å²) < 4.78 is 1.99. The van der Waals surface area contributed by atoms with Crippen LogP contribution in [0.4, 0.5) is 10.9 Å². The Labute approximate surface area is 220 Å². The lowest BCUT2D eigenvalue weighted by atomic mass is 9.95. The van der Waals surface area contributed by atoms with E-state index >= 15 is 0 Å². The van der Waals surface area contributed by atoms with Crippen LogP contribution in [0, 0.1) is 0 Å². The molecule has 190 valence electrons. The molecule has 0 unspecified atom stereocenters. The highest BCUT2D eigenvalue weighted by atomic mass is 32.1. The van der Waals surface area contributed by atoms with Gasteiger partial charge in [-0.25, -0.2) is 14.6 Å². The minimum absolute atomic E-state index is 0.120. The predicted octanol–water partition coefficient (Wildman–Crippen LogP) is 4.04. The van der Waals surface area contributed by atoms with Crippen LogP contribution in [0.2, 0.25) is 0 Å². The van der Waals surface area contributed by atoms with Crippen LogP contribution in [0.15, 0.2) is 42.9 Å². The number of aromatic nitrogens is 5. The topological polar surface area (TPSA) is 92.1 Å². The van der Waals surface area contributed by atoms with Gasteiger partial charge in [0.2, 0.25) is 5.91 Å². The van der Waals surface area contributed by atoms with E-state index in [0.29, 0.717) is 11.2 Å². The Bertz CT molecular complexity index is 1420. The zero-order valence-electron chi connectivity index (χ0n) is 21.3. The van der Waals surface area contributed by atoms with Crippen LogP contribution in [-0.2, 0) is 17.6 Å². The molecule has 0 atom stereocenters. The summed E-state index contributed by atoms with van der Waals surface area (Å²) in [4.78, 5) is 31.3. The average Bonchev–Trinajstić information content (AvgIpc) is 3.50. The van der Waals surface area contributed by atoms with E-state index < -0.39 is 0 Å². The number of nitrogens with zero attached hydrogens (tertiary/aromatic N) is 7. The third-order valence-corrected chi connectivity index (χ3v) is 8.24. The SMILES string of the molecule is CC(=O)Nc1nc2c(s1)-c1c(c(-c3cccnc3)nn1-c1ccc(N3CCC(N(C)C)CC3)nc1)CC2. The molecule has 5 heterocycles. The Morgan fingerprint density at radius 2 is 1.97 bits per heavy atom. The van der Waals surface area contributed by atoms with Crippen LogP contribution in [0.1, 0.15) is 31.0 Å². The molecule has 1 fully saturated rings. The molecule has 0 saturated carbocycles. The Balaban J connectivity index is 1.38. The van der Waals surface area contributed by atoms with Crippen LogP contribution in [-0.4, -0.2) is 68.8 Å². The summed E-state index contributed by atoms with van der Waals surface area (Å²) in [6.45, 7) is 3.52. The van der Waals surface area contributed by atoms with Gasteiger partial charge in [-0.2, -0.15) is 5.10 Å². The zero-order chi connectivity index (χ0) is 25.5. The zero-order valence-corrected chi connectivity index (χ0v) is 22.1. The fourth-order valence-corrected chi connectivity index (χ4v) is 6.41. The number of fused-ring (bicyclic) bond motifs is 3. The molecule has 1 N–H and O–H groups in total. The van der Waals surface area contributed by atoms with Crippen molar-refractivity contribution < 1.29 is 4.79 Å². The van der Waals surface area contributed by atoms with Gasteiger partial charge in [0.1, 0.15) is 5.82 Å². The fourth-order valence-electron chi connectivity index (χ4n) is 5.30. The predicted molar refractivity (Wildman–Crippen MR) is 146 cm³/mol. The molecule has 6 rings (SSSR count). The highest BCUT2D eigenvalue weighted by molar-refractivity contribution is 7.19. The van der Waals surface area contributed by atoms with E-state index in [9.17, 15) is 4.79 Å². The van der Waals surface area contributed by atoms with Gasteiger partial charge in [0.25, 0.3) is 0 Å². The van der Waals surface area contributed by atoms with E-state index in [1.807, 2.05) is 29.2 Å². The molecular formula is C27H30N8OS. The van der Waals surface area contributed by atoms with Gasteiger partial charge >= 0.3 is 0 Å². The van der Waals surface area contributed by atoms with Gasteiger partial charge in [-0.3, -0.25) is 9.78 Å². The maximum atomic E-state index is 11.7. The Hall–Kier alpha value is -3.63. The summed E-state index contributed by atoms with van der Waals surface area (Å²) in [5, 5.41) is 8.56. The van der Waals surface area contributed by atoms with E-state index in [1.54, 1.807) is 6.20 Å². The summed E-state index contributed by atoms with van der Waals surface area (Å²) in [6, 6.07) is 8.82. The molecule has 0 radical (unpaired) electrons. The fraction of sp³-hybridized carbons (Fsp3) is 0.370. The Morgan fingerprint density at radius 1 is 1.14 bits per heavy atom. The lowest BCUT2D eigenvalue weighted by Crippen LogP contribution is -2.42. The van der Waals surface area contributed by atoms with Crippen molar-refractivity contribution in [1.29, 1.82) is 0 Å². The molecule has 4 aromatic rings. The number of pyridine rings is 2. The lowest BCUT2D eigenvalue weighted by Gasteiger charge is -2.35. The van der Waals surface area contributed by atoms with Crippen molar-refractivity contribution in [2.24, 2.45) is 0 Å². The van der Waals surface area contributed by atoms with Crippen molar-refractivity contribution in [3.05, 3.63) is 54.1 Å². The van der Waals surface area contributed by atoms with Gasteiger partial charge in [0.15, 0.2) is 5.13 Å². The first-order chi connectivity index (χ1) is 18.0. The van der Waals surface area contributed by atoms with Crippen molar-refractivity contribution in [2.75, 3.05) is 37.4 Å². The number of carbonyl (C=O) groups is 1. The van der Waals surface area contributed by atoms with Gasteiger partial charge in [-0.15, -0.1) is 0 Å². The van der Waals surface area contributed by atoms with Crippen molar-refractivity contribution >= 4 is 28.2 Å². The number of amides is 1. The highest BCUT2D eigenvalue weighted by Gasteiger charge is 2.30. The number of carbonyl (C=O) groups excluding carboxylic acids is 1. The number of rotatable bonds is 5. The number of hydrogen-bond acceptors (Lipinski definition) is 8. The number of thiazole rings is 1. The molecule has 1 saturated heterocycles. The molecule has 0 aromatic carbocycles. The van der Waals surface area contributed by atoms with Gasteiger partial charge in [-0.1, -0.05) is 11.3 Å². The summed E-state index contributed by atoms with van der Waals surface area (Å²) in [5.41, 5.74) is 6.01. The monoisotopic (exact) mass is 514 g/mol. The molecular weight excluding hydrogens is 484 g/mol. The molecule has 10 heteroatoms. The minimum atomic E-state index is -0.120. The number of hydrogen-bond donors (Lipinski definition) is 1. The number of aryl methyl sites for hydroxylation is 1. The normalized spacial score (nSPS) is 15.5. The lowest BCUT2D eigenvalue weighted by molar-refractivity contribution is -0.114. The van der Waals surface area contributed by atoms with E-state index in [0.717, 1.165) is 77.8 Å². The average molecular weight is 515 g/mol. The van der Waals surface area contributed by atoms with Gasteiger partial charge in [0, 0.05) is 49.6 Å². The van der Waals surface area contributed by atoms with Crippen LogP contribution in [0.25, 0.3) is 27.5 Å². The molecule has 1 aliphatic heterocycles. The summed E-state index contributed by atoms with van der Waals surface area (Å²) >= 11 is 1.50. The molecule has 0 spiro atoms. The Morgan fingerprint density at radius 3 is 2.65 bits per heavy atom. The quantitative estimate of drug-likeness (QED) is 0.430. The van der Waals surface area contributed by atoms with Gasteiger partial charge in [0.05, 0.1) is 33.8 Å². The summed E-state index contributed by atoms with van der Waals surface area (Å²) in [6.07, 6.45) is 9.45. The molecule has 0 bridgehead atoms. The number of nitrogens with one attached hydrogen (secondary N) is 1. The minimum Gasteiger partial charge on any atom is -0.357 e. The van der Waals surface area contributed by atoms with E-state index in [1.165, 1.54) is 23.8 Å². The maximum Gasteiger partial charge on any atom is 0.223 e. The van der Waals surface area contributed by atoms with E-state index in [-0.39, 0.29) is 5.91 Å². The first kappa shape index (κ1) is 23.7. The van der Waals surface area contributed by atoms with Crippen LogP contribution >= 0.6 is 11.3 Å². The molecule has 1 aliphatic carbocycles. The van der Waals surface area contributed by atoms with Crippen LogP contribution < -0.4 is 10.2 Å². The van der Waals surface area contributed by atoms with E-state index in [2.05, 4.69) is 46.3 Å². The largest absolute Gasteiger partial charge is 0.357 e. The highest BCUT2D eigenvalue weighted by Crippen LogP contribution is 2.44. The van der Waals surface area contributed by atoms with Crippen LogP contribution in [0.3, 0.4) is 0 Å². The van der Waals surface area contributed by atoms with Crippen molar-refractivity contribution in [1.82, 2.24) is 29.6 Å². The van der Waals surface area contributed by atoms with Crippen molar-refractivity contribution in [3.63, 3.8) is 0 Å². The second kappa shape index (κ2) is 9.68. The van der Waals surface area contributed by atoms with Crippen molar-refractivity contribution in [3.8, 4) is 27.5 Å². The molecule has 37 heavy (non-hydrogen) atoms. The van der Waals surface area contributed by atoms with Gasteiger partial charge < -0.3 is 15.1 Å². The van der Waals surface area contributed by atoms with Gasteiger partial charge in [-0.05, 0) is 64.0 Å². The number of anilines is 2. The number of piperidine rings is 1. The standard InChI is InChI=1S/C27H30N8OS/c1-17(36)30-27-31-22-8-7-21-24(18-5-4-12-28-15-18)32-35(25(21)26(22)37-27)20-6-9-23(29-16-20)34-13-10-19(11-14-34)33(2)3/h4-6,9,12,15-16,19H,7-8,10-11,13-14H2,1-3H3,(H,30,31,36). The maximum absolute atomic E-state index is 11.7. The second-order valence-electron chi connectivity index (χ2n) is 9.86.